The minimum Gasteiger partial charge on any atom is -0.207 e. The molecule has 0 aliphatic heterocycles. The smallest absolute Gasteiger partial charge is 0.207 e. The van der Waals surface area contributed by atoms with Gasteiger partial charge in [0.2, 0.25) is 10.0 Å². The fourth-order valence-corrected chi connectivity index (χ4v) is 5.79. The van der Waals surface area contributed by atoms with E-state index < -0.39 is 10.0 Å². The predicted octanol–water partition coefficient (Wildman–Crippen LogP) is 5.27. The van der Waals surface area contributed by atoms with Gasteiger partial charge in [-0.15, -0.1) is 11.3 Å². The van der Waals surface area contributed by atoms with E-state index in [1.165, 1.54) is 11.3 Å². The summed E-state index contributed by atoms with van der Waals surface area (Å²) in [6, 6.07) is 6.59. The number of nitrogens with one attached hydrogen (secondary N) is 1. The van der Waals surface area contributed by atoms with Crippen molar-refractivity contribution < 1.29 is 8.42 Å². The molecule has 3 nitrogen and oxygen atoms in total. The molecule has 21 heavy (non-hydrogen) atoms. The van der Waals surface area contributed by atoms with Gasteiger partial charge in [0.25, 0.3) is 0 Å². The summed E-state index contributed by atoms with van der Waals surface area (Å²) in [5.41, 5.74) is 0.957. The molecule has 1 aromatic carbocycles. The van der Waals surface area contributed by atoms with E-state index in [4.69, 9.17) is 11.6 Å². The molecule has 0 saturated heterocycles. The molecule has 0 bridgehead atoms. The molecule has 2 aromatic rings. The van der Waals surface area contributed by atoms with Crippen LogP contribution in [0.25, 0.3) is 0 Å². The summed E-state index contributed by atoms with van der Waals surface area (Å²) in [6.07, 6.45) is 0. The second-order valence-corrected chi connectivity index (χ2v) is 9.65. The van der Waals surface area contributed by atoms with Crippen LogP contribution in [0.15, 0.2) is 38.1 Å². The zero-order valence-corrected chi connectivity index (χ0v) is 16.7. The lowest BCUT2D eigenvalue weighted by Crippen LogP contribution is -2.26. The van der Waals surface area contributed by atoms with Crippen molar-refractivity contribution in [1.82, 2.24) is 4.72 Å². The highest BCUT2D eigenvalue weighted by Crippen LogP contribution is 2.31. The number of hydrogen-bond acceptors (Lipinski definition) is 3. The molecule has 0 radical (unpaired) electrons. The highest BCUT2D eigenvalue weighted by molar-refractivity contribution is 9.11. The van der Waals surface area contributed by atoms with Crippen molar-refractivity contribution >= 4 is 64.8 Å². The van der Waals surface area contributed by atoms with Gasteiger partial charge in [0.15, 0.2) is 0 Å². The van der Waals surface area contributed by atoms with E-state index in [0.717, 1.165) is 14.9 Å². The topological polar surface area (TPSA) is 46.2 Å². The molecule has 0 spiro atoms. The maximum Gasteiger partial charge on any atom is 0.242 e. The first-order chi connectivity index (χ1) is 9.70. The molecule has 0 aliphatic rings. The van der Waals surface area contributed by atoms with E-state index in [9.17, 15) is 8.42 Å². The van der Waals surface area contributed by atoms with Gasteiger partial charge in [0, 0.05) is 13.8 Å². The predicted molar refractivity (Wildman–Crippen MR) is 94.6 cm³/mol. The van der Waals surface area contributed by atoms with Crippen LogP contribution in [0.3, 0.4) is 0 Å². The fraction of sp³-hybridized carbons (Fsp3) is 0.231. The molecule has 1 aromatic heterocycles. The van der Waals surface area contributed by atoms with Crippen molar-refractivity contribution in [3.63, 3.8) is 0 Å². The summed E-state index contributed by atoms with van der Waals surface area (Å²) in [7, 11) is -3.63. The number of rotatable bonds is 4. The Bertz CT molecular complexity index is 774. The molecule has 1 atom stereocenters. The van der Waals surface area contributed by atoms with Crippen molar-refractivity contribution in [2.24, 2.45) is 0 Å². The Hall–Kier alpha value is 0.0800. The number of sulfonamides is 1. The van der Waals surface area contributed by atoms with Gasteiger partial charge in [0.05, 0.1) is 15.3 Å². The Morgan fingerprint density at radius 1 is 1.24 bits per heavy atom. The summed E-state index contributed by atoms with van der Waals surface area (Å²) < 4.78 is 29.6. The fourth-order valence-electron chi connectivity index (χ4n) is 1.75. The number of hydrogen-bond donors (Lipinski definition) is 1. The number of aryl methyl sites for hydroxylation is 1. The molecule has 8 heteroatoms. The molecular weight excluding hydrogens is 462 g/mol. The second-order valence-electron chi connectivity index (χ2n) is 4.52. The second kappa shape index (κ2) is 6.68. The van der Waals surface area contributed by atoms with Gasteiger partial charge in [-0.05, 0) is 59.6 Å². The van der Waals surface area contributed by atoms with Gasteiger partial charge in [0.1, 0.15) is 0 Å². The molecule has 2 rings (SSSR count). The minimum absolute atomic E-state index is 0.203. The van der Waals surface area contributed by atoms with Crippen LogP contribution in [-0.2, 0) is 10.0 Å². The molecule has 0 fully saturated rings. The highest BCUT2D eigenvalue weighted by atomic mass is 79.9. The van der Waals surface area contributed by atoms with Crippen LogP contribution in [0, 0.1) is 6.92 Å². The zero-order valence-electron chi connectivity index (χ0n) is 11.2. The molecule has 1 N–H and O–H groups in total. The third-order valence-electron chi connectivity index (χ3n) is 2.86. The average Bonchev–Trinajstić information content (AvgIpc) is 2.80. The highest BCUT2D eigenvalue weighted by Gasteiger charge is 2.22. The Balaban J connectivity index is 2.32. The summed E-state index contributed by atoms with van der Waals surface area (Å²) in [5.74, 6) is 0. The summed E-state index contributed by atoms with van der Waals surface area (Å²) >= 11 is 13.9. The average molecular weight is 474 g/mol. The molecule has 0 aliphatic carbocycles. The molecule has 1 unspecified atom stereocenters. The Morgan fingerprint density at radius 2 is 1.90 bits per heavy atom. The van der Waals surface area contributed by atoms with Gasteiger partial charge in [-0.3, -0.25) is 0 Å². The summed E-state index contributed by atoms with van der Waals surface area (Å²) in [6.45, 7) is 3.69. The van der Waals surface area contributed by atoms with Crippen molar-refractivity contribution in [3.8, 4) is 0 Å². The third-order valence-corrected chi connectivity index (χ3v) is 7.62. The van der Waals surface area contributed by atoms with E-state index in [2.05, 4.69) is 36.6 Å². The Kier molecular flexibility index (Phi) is 5.55. The zero-order chi connectivity index (χ0) is 15.8. The first-order valence-corrected chi connectivity index (χ1v) is 10.2. The third kappa shape index (κ3) is 4.09. The van der Waals surface area contributed by atoms with E-state index in [-0.39, 0.29) is 10.9 Å². The normalized spacial score (nSPS) is 13.4. The van der Waals surface area contributed by atoms with Crippen molar-refractivity contribution in [2.75, 3.05) is 0 Å². The van der Waals surface area contributed by atoms with Gasteiger partial charge >= 0.3 is 0 Å². The van der Waals surface area contributed by atoms with E-state index >= 15 is 0 Å². The largest absolute Gasteiger partial charge is 0.242 e. The van der Waals surface area contributed by atoms with Gasteiger partial charge in [-0.1, -0.05) is 27.5 Å². The van der Waals surface area contributed by atoms with Crippen LogP contribution in [-0.4, -0.2) is 8.42 Å². The number of halogens is 3. The van der Waals surface area contributed by atoms with Crippen LogP contribution in [0.5, 0.6) is 0 Å². The molecule has 0 amide bonds. The van der Waals surface area contributed by atoms with Crippen molar-refractivity contribution in [1.29, 1.82) is 0 Å². The van der Waals surface area contributed by atoms with Crippen LogP contribution >= 0.6 is 54.8 Å². The van der Waals surface area contributed by atoms with Gasteiger partial charge in [-0.25, -0.2) is 13.1 Å². The lowest BCUT2D eigenvalue weighted by atomic mass is 10.2. The minimum atomic E-state index is -3.63. The Labute approximate surface area is 150 Å². The quantitative estimate of drug-likeness (QED) is 0.657. The van der Waals surface area contributed by atoms with Crippen LogP contribution < -0.4 is 4.72 Å². The number of benzene rings is 1. The SMILES string of the molecule is Cc1cc(Br)c(S(=O)(=O)NC(C)c2ccc(Cl)s2)cc1Br. The Morgan fingerprint density at radius 3 is 2.48 bits per heavy atom. The molecule has 0 saturated carbocycles. The van der Waals surface area contributed by atoms with Crippen molar-refractivity contribution in [3.05, 3.63) is 48.0 Å². The summed E-state index contributed by atoms with van der Waals surface area (Å²) in [5, 5.41) is 0. The maximum atomic E-state index is 12.5. The van der Waals surface area contributed by atoms with Gasteiger partial charge in [-0.2, -0.15) is 0 Å². The lowest BCUT2D eigenvalue weighted by Gasteiger charge is -2.14. The molecular formula is C13H12Br2ClNO2S2. The summed E-state index contributed by atoms with van der Waals surface area (Å²) in [4.78, 5) is 1.07. The van der Waals surface area contributed by atoms with E-state index in [1.807, 2.05) is 13.0 Å². The standard InChI is InChI=1S/C13H12Br2ClNO2S2/c1-7-5-10(15)12(6-9(7)14)21(18,19)17-8(2)11-3-4-13(16)20-11/h3-6,8,17H,1-2H3. The van der Waals surface area contributed by atoms with E-state index in [0.29, 0.717) is 8.81 Å². The monoisotopic (exact) mass is 471 g/mol. The first-order valence-electron chi connectivity index (χ1n) is 5.94. The van der Waals surface area contributed by atoms with Crippen LogP contribution in [0.4, 0.5) is 0 Å². The van der Waals surface area contributed by atoms with Gasteiger partial charge < -0.3 is 0 Å². The first kappa shape index (κ1) is 17.4. The van der Waals surface area contributed by atoms with Crippen LogP contribution in [0.1, 0.15) is 23.4 Å². The van der Waals surface area contributed by atoms with Crippen LogP contribution in [0.2, 0.25) is 4.34 Å². The van der Waals surface area contributed by atoms with Crippen molar-refractivity contribution in [2.45, 2.75) is 24.8 Å². The lowest BCUT2D eigenvalue weighted by molar-refractivity contribution is 0.568. The molecule has 1 heterocycles. The van der Waals surface area contributed by atoms with E-state index in [1.54, 1.807) is 25.1 Å². The molecule has 114 valence electrons. The number of thiophene rings is 1. The maximum absolute atomic E-state index is 12.5.